The standard InChI is InChI=1S/C13H18BrFN2O/c1-2-17-5-6-18-11(9-17)8-16-10-3-4-12(14)13(15)7-10/h3-4,7,11,16H,2,5-6,8-9H2,1H3. The van der Waals surface area contributed by atoms with Crippen LogP contribution in [0.3, 0.4) is 0 Å². The van der Waals surface area contributed by atoms with Crippen molar-refractivity contribution in [2.75, 3.05) is 38.1 Å². The van der Waals surface area contributed by atoms with Crippen molar-refractivity contribution < 1.29 is 9.13 Å². The van der Waals surface area contributed by atoms with Gasteiger partial charge in [-0.1, -0.05) is 6.92 Å². The van der Waals surface area contributed by atoms with Crippen LogP contribution in [0.25, 0.3) is 0 Å². The fraction of sp³-hybridized carbons (Fsp3) is 0.538. The third-order valence-electron chi connectivity index (χ3n) is 3.12. The van der Waals surface area contributed by atoms with E-state index < -0.39 is 0 Å². The van der Waals surface area contributed by atoms with Crippen molar-refractivity contribution in [3.63, 3.8) is 0 Å². The molecule has 1 N–H and O–H groups in total. The third kappa shape index (κ3) is 3.67. The lowest BCUT2D eigenvalue weighted by Crippen LogP contribution is -2.45. The first-order valence-electron chi connectivity index (χ1n) is 6.22. The summed E-state index contributed by atoms with van der Waals surface area (Å²) in [6.45, 7) is 6.61. The molecule has 1 atom stereocenters. The number of ether oxygens (including phenoxy) is 1. The fourth-order valence-electron chi connectivity index (χ4n) is 2.03. The van der Waals surface area contributed by atoms with Crippen LogP contribution in [0.2, 0.25) is 0 Å². The Kier molecular flexibility index (Phi) is 4.97. The second-order valence-corrected chi connectivity index (χ2v) is 5.25. The third-order valence-corrected chi connectivity index (χ3v) is 3.77. The minimum atomic E-state index is -0.250. The van der Waals surface area contributed by atoms with Crippen molar-refractivity contribution in [3.05, 3.63) is 28.5 Å². The Balaban J connectivity index is 1.85. The van der Waals surface area contributed by atoms with Crippen LogP contribution in [0.1, 0.15) is 6.92 Å². The van der Waals surface area contributed by atoms with Crippen LogP contribution in [0.15, 0.2) is 22.7 Å². The first kappa shape index (κ1) is 13.8. The number of morpholine rings is 1. The first-order valence-corrected chi connectivity index (χ1v) is 7.01. The smallest absolute Gasteiger partial charge is 0.139 e. The minimum absolute atomic E-state index is 0.172. The van der Waals surface area contributed by atoms with Gasteiger partial charge in [0.15, 0.2) is 0 Å². The number of nitrogens with zero attached hydrogens (tertiary/aromatic N) is 1. The number of halogens is 2. The number of rotatable bonds is 4. The van der Waals surface area contributed by atoms with Gasteiger partial charge in [0.2, 0.25) is 0 Å². The molecule has 0 amide bonds. The topological polar surface area (TPSA) is 24.5 Å². The van der Waals surface area contributed by atoms with E-state index in [0.29, 0.717) is 11.0 Å². The van der Waals surface area contributed by atoms with Crippen molar-refractivity contribution in [2.45, 2.75) is 13.0 Å². The molecule has 100 valence electrons. The maximum absolute atomic E-state index is 13.3. The molecule has 1 aliphatic heterocycles. The van der Waals surface area contributed by atoms with Gasteiger partial charge in [0.1, 0.15) is 5.82 Å². The maximum Gasteiger partial charge on any atom is 0.139 e. The molecule has 1 fully saturated rings. The van der Waals surface area contributed by atoms with Gasteiger partial charge in [0.25, 0.3) is 0 Å². The van der Waals surface area contributed by atoms with Crippen LogP contribution in [0.4, 0.5) is 10.1 Å². The number of nitrogens with one attached hydrogen (secondary N) is 1. The largest absolute Gasteiger partial charge is 0.382 e. The maximum atomic E-state index is 13.3. The highest BCUT2D eigenvalue weighted by atomic mass is 79.9. The Morgan fingerprint density at radius 2 is 2.39 bits per heavy atom. The van der Waals surface area contributed by atoms with Gasteiger partial charge in [-0.25, -0.2) is 4.39 Å². The summed E-state index contributed by atoms with van der Waals surface area (Å²) in [6, 6.07) is 5.05. The second kappa shape index (κ2) is 6.50. The highest BCUT2D eigenvalue weighted by molar-refractivity contribution is 9.10. The molecule has 1 saturated heterocycles. The molecule has 18 heavy (non-hydrogen) atoms. The summed E-state index contributed by atoms with van der Waals surface area (Å²) in [5, 5.41) is 3.21. The first-order chi connectivity index (χ1) is 8.69. The highest BCUT2D eigenvalue weighted by Gasteiger charge is 2.18. The van der Waals surface area contributed by atoms with E-state index in [1.807, 2.05) is 6.07 Å². The normalized spacial score (nSPS) is 20.9. The lowest BCUT2D eigenvalue weighted by molar-refractivity contribution is -0.0191. The summed E-state index contributed by atoms with van der Waals surface area (Å²) >= 11 is 3.14. The minimum Gasteiger partial charge on any atom is -0.382 e. The molecule has 0 bridgehead atoms. The van der Waals surface area contributed by atoms with Gasteiger partial charge >= 0.3 is 0 Å². The van der Waals surface area contributed by atoms with E-state index in [0.717, 1.165) is 31.9 Å². The Hall–Kier alpha value is -0.650. The predicted octanol–water partition coefficient (Wildman–Crippen LogP) is 2.72. The van der Waals surface area contributed by atoms with Gasteiger partial charge in [-0.3, -0.25) is 4.90 Å². The number of hydrogen-bond donors (Lipinski definition) is 1. The summed E-state index contributed by atoms with van der Waals surface area (Å²) in [5.74, 6) is -0.250. The molecule has 0 spiro atoms. The molecule has 3 nitrogen and oxygen atoms in total. The predicted molar refractivity (Wildman–Crippen MR) is 74.4 cm³/mol. The molecule has 0 aromatic heterocycles. The summed E-state index contributed by atoms with van der Waals surface area (Å²) in [4.78, 5) is 2.36. The lowest BCUT2D eigenvalue weighted by Gasteiger charge is -2.32. The number of anilines is 1. The zero-order valence-electron chi connectivity index (χ0n) is 10.5. The van der Waals surface area contributed by atoms with E-state index in [2.05, 4.69) is 33.1 Å². The molecule has 0 aliphatic carbocycles. The van der Waals surface area contributed by atoms with Crippen LogP contribution in [-0.2, 0) is 4.74 Å². The molecule has 0 saturated carbocycles. The molecular weight excluding hydrogens is 299 g/mol. The zero-order valence-corrected chi connectivity index (χ0v) is 12.0. The molecule has 1 aliphatic rings. The van der Waals surface area contributed by atoms with E-state index >= 15 is 0 Å². The Labute approximate surface area is 115 Å². The SMILES string of the molecule is CCN1CCOC(CNc2ccc(Br)c(F)c2)C1. The molecule has 1 unspecified atom stereocenters. The second-order valence-electron chi connectivity index (χ2n) is 4.40. The zero-order chi connectivity index (χ0) is 13.0. The van der Waals surface area contributed by atoms with Gasteiger partial charge in [0, 0.05) is 25.3 Å². The quantitative estimate of drug-likeness (QED) is 0.924. The molecule has 5 heteroatoms. The van der Waals surface area contributed by atoms with Crippen LogP contribution in [0, 0.1) is 5.82 Å². The van der Waals surface area contributed by atoms with Crippen LogP contribution in [0.5, 0.6) is 0 Å². The highest BCUT2D eigenvalue weighted by Crippen LogP contribution is 2.19. The van der Waals surface area contributed by atoms with Crippen molar-refractivity contribution in [1.82, 2.24) is 4.90 Å². The van der Waals surface area contributed by atoms with Crippen molar-refractivity contribution in [1.29, 1.82) is 0 Å². The number of likely N-dealkylation sites (N-methyl/N-ethyl adjacent to an activating group) is 1. The van der Waals surface area contributed by atoms with Crippen molar-refractivity contribution in [3.8, 4) is 0 Å². The molecule has 0 radical (unpaired) electrons. The van der Waals surface area contributed by atoms with E-state index in [1.54, 1.807) is 6.07 Å². The van der Waals surface area contributed by atoms with Gasteiger partial charge in [-0.15, -0.1) is 0 Å². The fourth-order valence-corrected chi connectivity index (χ4v) is 2.28. The number of hydrogen-bond acceptors (Lipinski definition) is 3. The Morgan fingerprint density at radius 1 is 1.56 bits per heavy atom. The van der Waals surface area contributed by atoms with Gasteiger partial charge < -0.3 is 10.1 Å². The Bertz CT molecular complexity index is 403. The van der Waals surface area contributed by atoms with Crippen LogP contribution < -0.4 is 5.32 Å². The van der Waals surface area contributed by atoms with Crippen molar-refractivity contribution in [2.24, 2.45) is 0 Å². The van der Waals surface area contributed by atoms with Gasteiger partial charge in [-0.2, -0.15) is 0 Å². The number of benzene rings is 1. The summed E-state index contributed by atoms with van der Waals surface area (Å²) in [6.07, 6.45) is 0.172. The van der Waals surface area contributed by atoms with Crippen molar-refractivity contribution >= 4 is 21.6 Å². The Morgan fingerprint density at radius 3 is 3.11 bits per heavy atom. The molecular formula is C13H18BrFN2O. The summed E-state index contributed by atoms with van der Waals surface area (Å²) < 4.78 is 19.5. The van der Waals surface area contributed by atoms with E-state index in [1.165, 1.54) is 6.07 Å². The molecule has 1 heterocycles. The molecule has 1 aromatic carbocycles. The average Bonchev–Trinajstić information content (AvgIpc) is 2.40. The average molecular weight is 317 g/mol. The van der Waals surface area contributed by atoms with E-state index in [9.17, 15) is 4.39 Å². The van der Waals surface area contributed by atoms with Gasteiger partial charge in [-0.05, 0) is 40.7 Å². The van der Waals surface area contributed by atoms with E-state index in [4.69, 9.17) is 4.74 Å². The summed E-state index contributed by atoms with van der Waals surface area (Å²) in [7, 11) is 0. The summed E-state index contributed by atoms with van der Waals surface area (Å²) in [5.41, 5.74) is 0.785. The van der Waals surface area contributed by atoms with E-state index in [-0.39, 0.29) is 11.9 Å². The van der Waals surface area contributed by atoms with Crippen LogP contribution >= 0.6 is 15.9 Å². The molecule has 2 rings (SSSR count). The van der Waals surface area contributed by atoms with Crippen LogP contribution in [-0.4, -0.2) is 43.8 Å². The lowest BCUT2D eigenvalue weighted by atomic mass is 10.2. The monoisotopic (exact) mass is 316 g/mol. The van der Waals surface area contributed by atoms with Gasteiger partial charge in [0.05, 0.1) is 17.2 Å². The molecule has 1 aromatic rings.